The molecular weight excluding hydrogens is 462 g/mol. The maximum atomic E-state index is 13.1. The number of aliphatic hydroxyl groups excluding tert-OH is 1. The number of benzene rings is 1. The zero-order valence-electron chi connectivity index (χ0n) is 19.3. The Morgan fingerprint density at radius 1 is 1.00 bits per heavy atom. The molecule has 1 aromatic rings. The van der Waals surface area contributed by atoms with E-state index in [1.807, 2.05) is 0 Å². The van der Waals surface area contributed by atoms with Gasteiger partial charge in [-0.05, 0) is 37.5 Å². The van der Waals surface area contributed by atoms with E-state index in [2.05, 4.69) is 21.3 Å². The highest BCUT2D eigenvalue weighted by molar-refractivity contribution is 5.94. The third kappa shape index (κ3) is 10.7. The number of aliphatic hydroxyl groups is 1. The average Bonchev–Trinajstić information content (AvgIpc) is 2.80. The molecule has 1 aromatic carbocycles. The van der Waals surface area contributed by atoms with E-state index in [1.165, 1.54) is 19.1 Å². The van der Waals surface area contributed by atoms with E-state index in [9.17, 15) is 24.3 Å². The van der Waals surface area contributed by atoms with E-state index in [0.717, 1.165) is 0 Å². The maximum Gasteiger partial charge on any atom is 0.325 e. The number of nitrogens with two attached hydrogens (primary N) is 2. The van der Waals surface area contributed by atoms with Crippen molar-refractivity contribution in [2.45, 2.75) is 50.4 Å². The summed E-state index contributed by atoms with van der Waals surface area (Å²) in [7, 11) is 0. The van der Waals surface area contributed by atoms with Crippen molar-refractivity contribution in [2.75, 3.05) is 13.2 Å². The Morgan fingerprint density at radius 3 is 2.11 bits per heavy atom. The SMILES string of the molecule is C[C@H](NC(=O)[C@H](CCCNC(=N)N)NC(=O)[C@H](Cc1ccc(O)cc1)NC(=O)[C@@H](N)CO)C(=O)O. The first-order chi connectivity index (χ1) is 16.4. The second-order valence-electron chi connectivity index (χ2n) is 7.83. The number of phenolic OH excluding ortho intramolecular Hbond substituents is 1. The second-order valence-corrected chi connectivity index (χ2v) is 7.83. The molecule has 0 fully saturated rings. The summed E-state index contributed by atoms with van der Waals surface area (Å²) >= 11 is 0. The minimum atomic E-state index is -1.28. The lowest BCUT2D eigenvalue weighted by Crippen LogP contribution is -2.57. The largest absolute Gasteiger partial charge is 0.508 e. The van der Waals surface area contributed by atoms with Gasteiger partial charge < -0.3 is 48.1 Å². The number of carbonyl (C=O) groups excluding carboxylic acids is 3. The number of rotatable bonds is 14. The van der Waals surface area contributed by atoms with E-state index >= 15 is 0 Å². The molecule has 0 saturated carbocycles. The molecule has 12 N–H and O–H groups in total. The van der Waals surface area contributed by atoms with Crippen LogP contribution in [-0.2, 0) is 25.6 Å². The van der Waals surface area contributed by atoms with E-state index in [4.69, 9.17) is 27.1 Å². The molecule has 0 aliphatic heterocycles. The van der Waals surface area contributed by atoms with Gasteiger partial charge in [-0.25, -0.2) is 0 Å². The van der Waals surface area contributed by atoms with Crippen molar-refractivity contribution in [3.05, 3.63) is 29.8 Å². The Hall–Kier alpha value is -3.91. The molecule has 0 aliphatic carbocycles. The van der Waals surface area contributed by atoms with Crippen molar-refractivity contribution in [2.24, 2.45) is 11.5 Å². The van der Waals surface area contributed by atoms with Crippen molar-refractivity contribution in [1.82, 2.24) is 21.3 Å². The molecule has 14 nitrogen and oxygen atoms in total. The van der Waals surface area contributed by atoms with E-state index in [-0.39, 0.29) is 31.1 Å². The summed E-state index contributed by atoms with van der Waals surface area (Å²) in [6, 6.07) is 1.02. The zero-order valence-corrected chi connectivity index (χ0v) is 19.3. The Balaban J connectivity index is 3.05. The summed E-state index contributed by atoms with van der Waals surface area (Å²) in [6.45, 7) is 0.837. The predicted molar refractivity (Wildman–Crippen MR) is 125 cm³/mol. The van der Waals surface area contributed by atoms with Crippen LogP contribution in [0, 0.1) is 5.41 Å². The van der Waals surface area contributed by atoms with Crippen LogP contribution in [0.15, 0.2) is 24.3 Å². The number of carbonyl (C=O) groups is 4. The summed E-state index contributed by atoms with van der Waals surface area (Å²) in [4.78, 5) is 49.1. The number of carboxylic acids is 1. The minimum absolute atomic E-state index is 0.00421. The van der Waals surface area contributed by atoms with Crippen molar-refractivity contribution < 1.29 is 34.5 Å². The highest BCUT2D eigenvalue weighted by atomic mass is 16.4. The summed E-state index contributed by atoms with van der Waals surface area (Å²) in [6.07, 6.45) is 0.339. The smallest absolute Gasteiger partial charge is 0.325 e. The van der Waals surface area contributed by atoms with E-state index in [0.29, 0.717) is 12.0 Å². The fourth-order valence-electron chi connectivity index (χ4n) is 2.88. The van der Waals surface area contributed by atoms with Crippen molar-refractivity contribution in [3.8, 4) is 5.75 Å². The molecule has 0 aromatic heterocycles. The molecule has 0 radical (unpaired) electrons. The van der Waals surface area contributed by atoms with Gasteiger partial charge in [0.15, 0.2) is 5.96 Å². The van der Waals surface area contributed by atoms with Gasteiger partial charge >= 0.3 is 5.97 Å². The number of hydrogen-bond acceptors (Lipinski definition) is 8. The fraction of sp³-hybridized carbons (Fsp3) is 0.476. The van der Waals surface area contributed by atoms with Crippen LogP contribution >= 0.6 is 0 Å². The molecule has 1 rings (SSSR count). The quantitative estimate of drug-likeness (QED) is 0.0714. The third-order valence-corrected chi connectivity index (χ3v) is 4.89. The third-order valence-electron chi connectivity index (χ3n) is 4.89. The van der Waals surface area contributed by atoms with Gasteiger partial charge in [-0.1, -0.05) is 12.1 Å². The van der Waals surface area contributed by atoms with Gasteiger partial charge in [0.2, 0.25) is 17.7 Å². The van der Waals surface area contributed by atoms with Crippen LogP contribution in [0.2, 0.25) is 0 Å². The Kier molecular flexibility index (Phi) is 12.0. The molecule has 0 unspecified atom stereocenters. The molecule has 0 heterocycles. The monoisotopic (exact) mass is 495 g/mol. The van der Waals surface area contributed by atoms with Crippen LogP contribution in [0.5, 0.6) is 5.75 Å². The van der Waals surface area contributed by atoms with Crippen LogP contribution in [0.25, 0.3) is 0 Å². The van der Waals surface area contributed by atoms with Crippen LogP contribution in [-0.4, -0.2) is 82.3 Å². The number of aromatic hydroxyl groups is 1. The lowest BCUT2D eigenvalue weighted by Gasteiger charge is -2.25. The van der Waals surface area contributed by atoms with Crippen LogP contribution < -0.4 is 32.7 Å². The summed E-state index contributed by atoms with van der Waals surface area (Å²) in [5.74, 6) is -3.83. The topological polar surface area (TPSA) is 253 Å². The van der Waals surface area contributed by atoms with E-state index < -0.39 is 54.5 Å². The number of nitrogens with one attached hydrogen (secondary N) is 5. The highest BCUT2D eigenvalue weighted by Gasteiger charge is 2.29. The number of phenols is 1. The van der Waals surface area contributed by atoms with Crippen molar-refractivity contribution >= 4 is 29.7 Å². The van der Waals surface area contributed by atoms with Gasteiger partial charge in [0.05, 0.1) is 6.61 Å². The van der Waals surface area contributed by atoms with Crippen LogP contribution in [0.1, 0.15) is 25.3 Å². The Labute approximate surface area is 201 Å². The maximum absolute atomic E-state index is 13.1. The van der Waals surface area contributed by atoms with Gasteiger partial charge in [0, 0.05) is 13.0 Å². The lowest BCUT2D eigenvalue weighted by atomic mass is 10.0. The second kappa shape index (κ2) is 14.4. The molecule has 35 heavy (non-hydrogen) atoms. The normalized spacial score (nSPS) is 14.0. The minimum Gasteiger partial charge on any atom is -0.508 e. The predicted octanol–water partition coefficient (Wildman–Crippen LogP) is -2.92. The van der Waals surface area contributed by atoms with Crippen molar-refractivity contribution in [1.29, 1.82) is 5.41 Å². The molecule has 0 saturated heterocycles. The first-order valence-corrected chi connectivity index (χ1v) is 10.8. The molecule has 3 amide bonds. The number of guanidine groups is 1. The lowest BCUT2D eigenvalue weighted by molar-refractivity contribution is -0.141. The molecule has 0 bridgehead atoms. The van der Waals surface area contributed by atoms with Crippen LogP contribution in [0.4, 0.5) is 0 Å². The van der Waals surface area contributed by atoms with Crippen molar-refractivity contribution in [3.63, 3.8) is 0 Å². The van der Waals surface area contributed by atoms with Gasteiger partial charge in [-0.3, -0.25) is 24.6 Å². The molecule has 4 atom stereocenters. The average molecular weight is 496 g/mol. The Morgan fingerprint density at radius 2 is 1.57 bits per heavy atom. The van der Waals surface area contributed by atoms with Gasteiger partial charge in [0.25, 0.3) is 0 Å². The molecule has 194 valence electrons. The zero-order chi connectivity index (χ0) is 26.5. The summed E-state index contributed by atoms with van der Waals surface area (Å²) in [5.41, 5.74) is 11.3. The number of carboxylic acid groups (broad SMARTS) is 1. The summed E-state index contributed by atoms with van der Waals surface area (Å²) in [5, 5.41) is 44.7. The molecule has 0 aliphatic rings. The van der Waals surface area contributed by atoms with E-state index in [1.54, 1.807) is 12.1 Å². The summed E-state index contributed by atoms with van der Waals surface area (Å²) < 4.78 is 0. The first-order valence-electron chi connectivity index (χ1n) is 10.8. The molecule has 14 heteroatoms. The van der Waals surface area contributed by atoms with Gasteiger partial charge in [0.1, 0.15) is 29.9 Å². The fourth-order valence-corrected chi connectivity index (χ4v) is 2.88. The highest BCUT2D eigenvalue weighted by Crippen LogP contribution is 2.12. The first kappa shape index (κ1) is 29.1. The number of hydrogen-bond donors (Lipinski definition) is 10. The number of amides is 3. The number of aliphatic carboxylic acids is 1. The molecular formula is C21H33N7O7. The van der Waals surface area contributed by atoms with Gasteiger partial charge in [-0.2, -0.15) is 0 Å². The van der Waals surface area contributed by atoms with Gasteiger partial charge in [-0.15, -0.1) is 0 Å². The standard InChI is InChI=1S/C21H33N7O7/c1-11(20(34)35)26-18(32)15(3-2-8-25-21(23)24)27-19(33)16(28-17(31)14(22)10-29)9-12-4-6-13(30)7-5-12/h4-7,11,14-16,29-30H,2-3,8-10,22H2,1H3,(H,26,32)(H,27,33)(H,28,31)(H,34,35)(H4,23,24,25)/t11-,14-,15-,16-/m0/s1. The Bertz CT molecular complexity index is 895. The molecule has 0 spiro atoms. The van der Waals surface area contributed by atoms with Crippen LogP contribution in [0.3, 0.4) is 0 Å².